The quantitative estimate of drug-likeness (QED) is 0.626. The van der Waals surface area contributed by atoms with Gasteiger partial charge in [0.15, 0.2) is 0 Å². The number of methoxy groups -OCH3 is 1. The second-order valence-corrected chi connectivity index (χ2v) is 4.05. The normalized spacial score (nSPS) is 11.7. The third-order valence-corrected chi connectivity index (χ3v) is 2.57. The summed E-state index contributed by atoms with van der Waals surface area (Å²) in [5, 5.41) is 11.8. The summed E-state index contributed by atoms with van der Waals surface area (Å²) < 4.78 is 4.65. The van der Waals surface area contributed by atoms with E-state index < -0.39 is 12.0 Å². The van der Waals surface area contributed by atoms with Crippen LogP contribution in [0.3, 0.4) is 0 Å². The first kappa shape index (κ1) is 15.0. The van der Waals surface area contributed by atoms with Crippen LogP contribution >= 0.6 is 0 Å². The van der Waals surface area contributed by atoms with E-state index in [1.807, 2.05) is 0 Å². The number of nitrogens with one attached hydrogen (secondary N) is 1. The van der Waals surface area contributed by atoms with Crippen molar-refractivity contribution in [2.24, 2.45) is 5.73 Å². The Bertz CT molecular complexity index is 431. The molecule has 0 saturated heterocycles. The van der Waals surface area contributed by atoms with Gasteiger partial charge in [0.25, 0.3) is 0 Å². The third-order valence-electron chi connectivity index (χ3n) is 2.57. The van der Waals surface area contributed by atoms with Gasteiger partial charge in [0.05, 0.1) is 7.11 Å². The number of hydrogen-bond donors (Lipinski definition) is 3. The van der Waals surface area contributed by atoms with Crippen molar-refractivity contribution in [3.05, 3.63) is 29.8 Å². The van der Waals surface area contributed by atoms with Gasteiger partial charge in [-0.3, -0.25) is 4.79 Å². The molecular weight excluding hydrogens is 248 g/mol. The molecule has 19 heavy (non-hydrogen) atoms. The van der Waals surface area contributed by atoms with Crippen LogP contribution in [0.1, 0.15) is 12.0 Å². The molecule has 4 N–H and O–H groups in total. The summed E-state index contributed by atoms with van der Waals surface area (Å²) in [6.45, 7) is 0.221. The fraction of sp³-hybridized carbons (Fsp3) is 0.385. The number of benzene rings is 1. The predicted molar refractivity (Wildman–Crippen MR) is 69.4 cm³/mol. The highest BCUT2D eigenvalue weighted by atomic mass is 16.5. The van der Waals surface area contributed by atoms with Gasteiger partial charge in [0.2, 0.25) is 5.91 Å². The molecule has 0 aliphatic heterocycles. The Morgan fingerprint density at radius 3 is 2.53 bits per heavy atom. The molecule has 0 radical (unpaired) electrons. The van der Waals surface area contributed by atoms with Crippen LogP contribution in [0.5, 0.6) is 5.75 Å². The minimum atomic E-state index is -0.756. The van der Waals surface area contributed by atoms with Gasteiger partial charge in [-0.15, -0.1) is 0 Å². The van der Waals surface area contributed by atoms with Gasteiger partial charge in [0, 0.05) is 19.4 Å². The van der Waals surface area contributed by atoms with Crippen LogP contribution in [0.2, 0.25) is 0 Å². The first-order chi connectivity index (χ1) is 9.06. The first-order valence-corrected chi connectivity index (χ1v) is 5.92. The SMILES string of the molecule is COC(=O)C(Cc1ccc(O)cc1)NC(=O)CCN. The Kier molecular flexibility index (Phi) is 5.81. The molecule has 1 atom stereocenters. The molecule has 1 amide bonds. The van der Waals surface area contributed by atoms with Crippen molar-refractivity contribution in [1.82, 2.24) is 5.32 Å². The van der Waals surface area contributed by atoms with E-state index in [0.29, 0.717) is 6.42 Å². The summed E-state index contributed by atoms with van der Waals surface area (Å²) in [7, 11) is 1.27. The van der Waals surface area contributed by atoms with E-state index in [2.05, 4.69) is 10.1 Å². The average molecular weight is 266 g/mol. The molecule has 6 nitrogen and oxygen atoms in total. The first-order valence-electron chi connectivity index (χ1n) is 5.92. The summed E-state index contributed by atoms with van der Waals surface area (Å²) in [5.41, 5.74) is 6.08. The molecule has 6 heteroatoms. The molecule has 104 valence electrons. The summed E-state index contributed by atoms with van der Waals surface area (Å²) in [4.78, 5) is 23.1. The summed E-state index contributed by atoms with van der Waals surface area (Å²) >= 11 is 0. The summed E-state index contributed by atoms with van der Waals surface area (Å²) in [5.74, 6) is -0.666. The maximum absolute atomic E-state index is 11.6. The highest BCUT2D eigenvalue weighted by molar-refractivity contribution is 5.84. The number of rotatable bonds is 6. The fourth-order valence-electron chi connectivity index (χ4n) is 1.60. The number of esters is 1. The van der Waals surface area contributed by atoms with Crippen molar-refractivity contribution < 1.29 is 19.4 Å². The Balaban J connectivity index is 2.71. The van der Waals surface area contributed by atoms with E-state index >= 15 is 0 Å². The lowest BCUT2D eigenvalue weighted by atomic mass is 10.1. The Morgan fingerprint density at radius 1 is 1.37 bits per heavy atom. The zero-order chi connectivity index (χ0) is 14.3. The minimum absolute atomic E-state index is 0.144. The molecule has 1 aromatic carbocycles. The molecule has 0 aromatic heterocycles. The topological polar surface area (TPSA) is 102 Å². The molecule has 0 aliphatic rings. The van der Waals surface area contributed by atoms with E-state index in [-0.39, 0.29) is 24.6 Å². The monoisotopic (exact) mass is 266 g/mol. The number of phenolic OH excluding ortho intramolecular Hbond substituents is 1. The smallest absolute Gasteiger partial charge is 0.328 e. The zero-order valence-corrected chi connectivity index (χ0v) is 10.8. The van der Waals surface area contributed by atoms with Crippen molar-refractivity contribution in [3.63, 3.8) is 0 Å². The van der Waals surface area contributed by atoms with Gasteiger partial charge < -0.3 is 20.9 Å². The van der Waals surface area contributed by atoms with Crippen molar-refractivity contribution in [2.75, 3.05) is 13.7 Å². The van der Waals surface area contributed by atoms with Crippen molar-refractivity contribution >= 4 is 11.9 Å². The van der Waals surface area contributed by atoms with Gasteiger partial charge in [-0.25, -0.2) is 4.79 Å². The van der Waals surface area contributed by atoms with Gasteiger partial charge in [-0.1, -0.05) is 12.1 Å². The highest BCUT2D eigenvalue weighted by Gasteiger charge is 2.21. The van der Waals surface area contributed by atoms with Crippen LogP contribution in [0.25, 0.3) is 0 Å². The van der Waals surface area contributed by atoms with Crippen LogP contribution in [-0.2, 0) is 20.7 Å². The van der Waals surface area contributed by atoms with Crippen LogP contribution in [0, 0.1) is 0 Å². The van der Waals surface area contributed by atoms with Crippen LogP contribution in [-0.4, -0.2) is 36.7 Å². The minimum Gasteiger partial charge on any atom is -0.508 e. The molecule has 0 spiro atoms. The molecule has 0 bridgehead atoms. The number of hydrogen-bond acceptors (Lipinski definition) is 5. The van der Waals surface area contributed by atoms with E-state index in [1.165, 1.54) is 19.2 Å². The Labute approximate surface area is 111 Å². The Morgan fingerprint density at radius 2 is 2.00 bits per heavy atom. The van der Waals surface area contributed by atoms with Crippen LogP contribution in [0.4, 0.5) is 0 Å². The van der Waals surface area contributed by atoms with E-state index in [1.54, 1.807) is 12.1 Å². The van der Waals surface area contributed by atoms with E-state index in [0.717, 1.165) is 5.56 Å². The molecule has 1 rings (SSSR count). The number of ether oxygens (including phenoxy) is 1. The second-order valence-electron chi connectivity index (χ2n) is 4.05. The number of phenols is 1. The standard InChI is InChI=1S/C13H18N2O4/c1-19-13(18)11(15-12(17)6-7-14)8-9-2-4-10(16)5-3-9/h2-5,11,16H,6-8,14H2,1H3,(H,15,17). The van der Waals surface area contributed by atoms with E-state index in [9.17, 15) is 14.7 Å². The van der Waals surface area contributed by atoms with E-state index in [4.69, 9.17) is 5.73 Å². The number of aromatic hydroxyl groups is 1. The second kappa shape index (κ2) is 7.38. The molecular formula is C13H18N2O4. The molecule has 0 fully saturated rings. The highest BCUT2D eigenvalue weighted by Crippen LogP contribution is 2.11. The molecule has 0 aliphatic carbocycles. The average Bonchev–Trinajstić information content (AvgIpc) is 2.40. The lowest BCUT2D eigenvalue weighted by molar-refractivity contribution is -0.145. The number of amides is 1. The van der Waals surface area contributed by atoms with Crippen molar-refractivity contribution in [3.8, 4) is 5.75 Å². The maximum Gasteiger partial charge on any atom is 0.328 e. The van der Waals surface area contributed by atoms with Crippen LogP contribution < -0.4 is 11.1 Å². The lowest BCUT2D eigenvalue weighted by Gasteiger charge is -2.16. The number of nitrogens with two attached hydrogens (primary N) is 1. The molecule has 1 aromatic rings. The van der Waals surface area contributed by atoms with Gasteiger partial charge in [-0.2, -0.15) is 0 Å². The fourth-order valence-corrected chi connectivity index (χ4v) is 1.60. The molecule has 0 heterocycles. The molecule has 0 saturated carbocycles. The number of carbonyl (C=O) groups excluding carboxylic acids is 2. The van der Waals surface area contributed by atoms with Gasteiger partial charge >= 0.3 is 5.97 Å². The number of carbonyl (C=O) groups is 2. The largest absolute Gasteiger partial charge is 0.508 e. The van der Waals surface area contributed by atoms with Crippen LogP contribution in [0.15, 0.2) is 24.3 Å². The zero-order valence-electron chi connectivity index (χ0n) is 10.8. The maximum atomic E-state index is 11.6. The summed E-state index contributed by atoms with van der Waals surface area (Å²) in [6, 6.07) is 5.64. The van der Waals surface area contributed by atoms with Gasteiger partial charge in [0.1, 0.15) is 11.8 Å². The summed E-state index contributed by atoms with van der Waals surface area (Å²) in [6.07, 6.45) is 0.451. The lowest BCUT2D eigenvalue weighted by Crippen LogP contribution is -2.43. The van der Waals surface area contributed by atoms with Gasteiger partial charge in [-0.05, 0) is 17.7 Å². The third kappa shape index (κ3) is 4.97. The molecule has 1 unspecified atom stereocenters. The van der Waals surface area contributed by atoms with Crippen molar-refractivity contribution in [1.29, 1.82) is 0 Å². The Hall–Kier alpha value is -2.08. The van der Waals surface area contributed by atoms with Crippen molar-refractivity contribution in [2.45, 2.75) is 18.9 Å². The predicted octanol–water partition coefficient (Wildman–Crippen LogP) is -0.0587.